The highest BCUT2D eigenvalue weighted by atomic mass is 32.1. The average Bonchev–Trinajstić information content (AvgIpc) is 3.33. The van der Waals surface area contributed by atoms with Crippen LogP contribution in [0.2, 0.25) is 0 Å². The van der Waals surface area contributed by atoms with Crippen molar-refractivity contribution in [3.05, 3.63) is 70.5 Å². The first-order valence-electron chi connectivity index (χ1n) is 11.0. The number of hydrogen-bond donors (Lipinski definition) is 2. The molecule has 2 aromatic heterocycles. The third kappa shape index (κ3) is 4.77. The zero-order valence-corrected chi connectivity index (χ0v) is 19.5. The van der Waals surface area contributed by atoms with Gasteiger partial charge in [-0.05, 0) is 24.3 Å². The third-order valence-electron chi connectivity index (χ3n) is 5.56. The quantitative estimate of drug-likeness (QED) is 0.423. The molecule has 0 bridgehead atoms. The lowest BCUT2D eigenvalue weighted by Gasteiger charge is -2.25. The van der Waals surface area contributed by atoms with Gasteiger partial charge in [-0.1, -0.05) is 41.7 Å². The van der Waals surface area contributed by atoms with Crippen LogP contribution < -0.4 is 21.5 Å². The summed E-state index contributed by atoms with van der Waals surface area (Å²) in [6, 6.07) is 15.7. The fourth-order valence-corrected chi connectivity index (χ4v) is 4.90. The van der Waals surface area contributed by atoms with E-state index in [4.69, 9.17) is 10.5 Å². The van der Waals surface area contributed by atoms with E-state index < -0.39 is 17.4 Å². The standard InChI is InChI=1S/C24H22N6O4S/c25-22(32)16-6-8-17(9-7-16)26-18(31)14-30-23(33)20-21(19(28-30)15-4-2-1-3-5-15)35-24(27-20)29-10-12-34-13-11-29/h1-9H,10-14H2,(H2,25,32)(H,26,31). The fraction of sp³-hybridized carbons (Fsp3) is 0.208. The number of anilines is 2. The van der Waals surface area contributed by atoms with Gasteiger partial charge in [0.05, 0.1) is 17.9 Å². The minimum Gasteiger partial charge on any atom is -0.378 e. The van der Waals surface area contributed by atoms with Crippen LogP contribution in [-0.4, -0.2) is 52.9 Å². The van der Waals surface area contributed by atoms with Gasteiger partial charge in [-0.3, -0.25) is 14.4 Å². The molecule has 2 aromatic carbocycles. The minimum absolute atomic E-state index is 0.281. The number of hydrogen-bond acceptors (Lipinski definition) is 8. The molecule has 3 heterocycles. The second-order valence-corrected chi connectivity index (χ2v) is 8.92. The molecule has 0 aliphatic carbocycles. The summed E-state index contributed by atoms with van der Waals surface area (Å²) in [5, 5.41) is 8.01. The summed E-state index contributed by atoms with van der Waals surface area (Å²) in [5.74, 6) is -0.992. The molecule has 3 N–H and O–H groups in total. The third-order valence-corrected chi connectivity index (χ3v) is 6.69. The summed E-state index contributed by atoms with van der Waals surface area (Å²) in [6.07, 6.45) is 0. The molecule has 1 fully saturated rings. The minimum atomic E-state index is -0.555. The lowest BCUT2D eigenvalue weighted by molar-refractivity contribution is -0.117. The van der Waals surface area contributed by atoms with Crippen LogP contribution in [0, 0.1) is 0 Å². The molecule has 1 aliphatic heterocycles. The molecule has 0 spiro atoms. The number of nitrogens with one attached hydrogen (secondary N) is 1. The molecule has 0 atom stereocenters. The van der Waals surface area contributed by atoms with Crippen LogP contribution in [0.5, 0.6) is 0 Å². The summed E-state index contributed by atoms with van der Waals surface area (Å²) in [6.45, 7) is 2.30. The number of morpholine rings is 1. The van der Waals surface area contributed by atoms with E-state index in [-0.39, 0.29) is 12.1 Å². The first kappa shape index (κ1) is 22.7. The molecule has 0 radical (unpaired) electrons. The molecule has 1 aliphatic rings. The van der Waals surface area contributed by atoms with E-state index in [1.54, 1.807) is 12.1 Å². The maximum absolute atomic E-state index is 13.3. The van der Waals surface area contributed by atoms with Crippen LogP contribution in [0.25, 0.3) is 21.5 Å². The number of nitrogens with two attached hydrogens (primary N) is 1. The van der Waals surface area contributed by atoms with Gasteiger partial charge in [-0.15, -0.1) is 0 Å². The van der Waals surface area contributed by atoms with Crippen molar-refractivity contribution in [2.75, 3.05) is 36.5 Å². The van der Waals surface area contributed by atoms with Crippen LogP contribution in [-0.2, 0) is 16.1 Å². The summed E-state index contributed by atoms with van der Waals surface area (Å²) >= 11 is 1.42. The average molecular weight is 491 g/mol. The van der Waals surface area contributed by atoms with Crippen LogP contribution in [0.15, 0.2) is 59.4 Å². The molecular weight excluding hydrogens is 468 g/mol. The number of carbonyl (C=O) groups excluding carboxylic acids is 2. The monoisotopic (exact) mass is 490 g/mol. The zero-order valence-electron chi connectivity index (χ0n) is 18.6. The number of aromatic nitrogens is 3. The van der Waals surface area contributed by atoms with Crippen LogP contribution in [0.1, 0.15) is 10.4 Å². The molecule has 5 rings (SSSR count). The van der Waals surface area contributed by atoms with Crippen LogP contribution in [0.4, 0.5) is 10.8 Å². The number of primary amides is 1. The number of amides is 2. The molecular formula is C24H22N6O4S. The lowest BCUT2D eigenvalue weighted by atomic mass is 10.1. The summed E-state index contributed by atoms with van der Waals surface area (Å²) in [5.41, 5.74) is 7.32. The largest absolute Gasteiger partial charge is 0.378 e. The topological polar surface area (TPSA) is 132 Å². The first-order chi connectivity index (χ1) is 17.0. The van der Waals surface area contributed by atoms with E-state index in [1.165, 1.54) is 23.5 Å². The number of thiazole rings is 1. The first-order valence-corrected chi connectivity index (χ1v) is 11.8. The van der Waals surface area contributed by atoms with Gasteiger partial charge in [-0.25, -0.2) is 9.67 Å². The highest BCUT2D eigenvalue weighted by molar-refractivity contribution is 7.22. The predicted molar refractivity (Wildman–Crippen MR) is 134 cm³/mol. The smallest absolute Gasteiger partial charge is 0.294 e. The summed E-state index contributed by atoms with van der Waals surface area (Å²) in [7, 11) is 0. The SMILES string of the molecule is NC(=O)c1ccc(NC(=O)Cn2nc(-c3ccccc3)c3sc(N4CCOCC4)nc3c2=O)cc1. The van der Waals surface area contributed by atoms with Crippen molar-refractivity contribution in [1.82, 2.24) is 14.8 Å². The van der Waals surface area contributed by atoms with Gasteiger partial charge in [0.2, 0.25) is 11.8 Å². The Hall–Kier alpha value is -4.09. The fourth-order valence-electron chi connectivity index (χ4n) is 3.78. The number of nitrogens with zero attached hydrogens (tertiary/aromatic N) is 4. The van der Waals surface area contributed by atoms with E-state index in [9.17, 15) is 14.4 Å². The van der Waals surface area contributed by atoms with E-state index in [0.717, 1.165) is 15.4 Å². The molecule has 0 saturated carbocycles. The predicted octanol–water partition coefficient (Wildman–Crippen LogP) is 2.09. The van der Waals surface area contributed by atoms with Gasteiger partial charge in [0.1, 0.15) is 12.2 Å². The Morgan fingerprint density at radius 2 is 1.77 bits per heavy atom. The molecule has 10 nitrogen and oxygen atoms in total. The van der Waals surface area contributed by atoms with E-state index in [2.05, 4.69) is 20.3 Å². The Morgan fingerprint density at radius 1 is 1.06 bits per heavy atom. The van der Waals surface area contributed by atoms with Gasteiger partial charge in [0, 0.05) is 29.9 Å². The highest BCUT2D eigenvalue weighted by Gasteiger charge is 2.22. The molecule has 11 heteroatoms. The van der Waals surface area contributed by atoms with Gasteiger partial charge in [-0.2, -0.15) is 5.10 Å². The molecule has 2 amide bonds. The molecule has 0 unspecified atom stereocenters. The molecule has 1 saturated heterocycles. The molecule has 35 heavy (non-hydrogen) atoms. The number of benzene rings is 2. The van der Waals surface area contributed by atoms with Gasteiger partial charge in [0.25, 0.3) is 5.56 Å². The van der Waals surface area contributed by atoms with Crippen molar-refractivity contribution < 1.29 is 14.3 Å². The van der Waals surface area contributed by atoms with Crippen molar-refractivity contribution in [3.8, 4) is 11.3 Å². The van der Waals surface area contributed by atoms with Gasteiger partial charge >= 0.3 is 0 Å². The van der Waals surface area contributed by atoms with Crippen molar-refractivity contribution in [2.24, 2.45) is 5.73 Å². The molecule has 178 valence electrons. The van der Waals surface area contributed by atoms with Crippen molar-refractivity contribution in [1.29, 1.82) is 0 Å². The summed E-state index contributed by atoms with van der Waals surface area (Å²) < 4.78 is 7.25. The number of ether oxygens (including phenoxy) is 1. The highest BCUT2D eigenvalue weighted by Crippen LogP contribution is 2.33. The second kappa shape index (κ2) is 9.65. The zero-order chi connectivity index (χ0) is 24.4. The Balaban J connectivity index is 1.49. The van der Waals surface area contributed by atoms with E-state index in [0.29, 0.717) is 47.9 Å². The van der Waals surface area contributed by atoms with Crippen molar-refractivity contribution in [2.45, 2.75) is 6.54 Å². The Labute approximate surface area is 204 Å². The lowest BCUT2D eigenvalue weighted by Crippen LogP contribution is -2.36. The Morgan fingerprint density at radius 3 is 2.46 bits per heavy atom. The second-order valence-electron chi connectivity index (χ2n) is 7.94. The summed E-state index contributed by atoms with van der Waals surface area (Å²) in [4.78, 5) is 44.0. The van der Waals surface area contributed by atoms with E-state index in [1.807, 2.05) is 30.3 Å². The Kier molecular flexibility index (Phi) is 6.25. The maximum Gasteiger partial charge on any atom is 0.294 e. The Bertz CT molecular complexity index is 1440. The molecule has 4 aromatic rings. The van der Waals surface area contributed by atoms with Gasteiger partial charge in [0.15, 0.2) is 10.6 Å². The number of rotatable bonds is 6. The number of carbonyl (C=O) groups is 2. The van der Waals surface area contributed by atoms with Crippen LogP contribution >= 0.6 is 11.3 Å². The van der Waals surface area contributed by atoms with Crippen molar-refractivity contribution in [3.63, 3.8) is 0 Å². The normalized spacial score (nSPS) is 13.7. The van der Waals surface area contributed by atoms with Crippen LogP contribution in [0.3, 0.4) is 0 Å². The maximum atomic E-state index is 13.3. The van der Waals surface area contributed by atoms with Gasteiger partial charge < -0.3 is 20.7 Å². The van der Waals surface area contributed by atoms with E-state index >= 15 is 0 Å². The van der Waals surface area contributed by atoms with Crippen molar-refractivity contribution >= 4 is 44.2 Å². The number of fused-ring (bicyclic) bond motifs is 1.